The average Bonchev–Trinajstić information content (AvgIpc) is 3.15. The number of aromatic nitrogens is 2. The highest BCUT2D eigenvalue weighted by Crippen LogP contribution is 2.22. The van der Waals surface area contributed by atoms with Gasteiger partial charge in [0.05, 0.1) is 19.0 Å². The second-order valence-electron chi connectivity index (χ2n) is 6.58. The quantitative estimate of drug-likeness (QED) is 0.515. The fraction of sp³-hybridized carbons (Fsp3) is 0.130. The Morgan fingerprint density at radius 2 is 1.93 bits per heavy atom. The Kier molecular flexibility index (Phi) is 5.42. The lowest BCUT2D eigenvalue weighted by atomic mass is 10.2. The molecule has 0 spiro atoms. The van der Waals surface area contributed by atoms with E-state index in [-0.39, 0.29) is 12.5 Å². The highest BCUT2D eigenvalue weighted by molar-refractivity contribution is 5.92. The van der Waals surface area contributed by atoms with Crippen LogP contribution in [0.1, 0.15) is 5.56 Å². The third-order valence-corrected chi connectivity index (χ3v) is 4.54. The monoisotopic (exact) mass is 387 g/mol. The molecule has 0 atom stereocenters. The van der Waals surface area contributed by atoms with Gasteiger partial charge in [-0.05, 0) is 35.9 Å². The maximum absolute atomic E-state index is 12.4. The van der Waals surface area contributed by atoms with Crippen LogP contribution in [0.3, 0.4) is 0 Å². The predicted molar refractivity (Wildman–Crippen MR) is 112 cm³/mol. The second-order valence-corrected chi connectivity index (χ2v) is 6.58. The van der Waals surface area contributed by atoms with Gasteiger partial charge in [0.15, 0.2) is 0 Å². The van der Waals surface area contributed by atoms with Crippen LogP contribution in [0.5, 0.6) is 11.6 Å². The lowest BCUT2D eigenvalue weighted by Crippen LogP contribution is -2.18. The highest BCUT2D eigenvalue weighted by Gasteiger charge is 2.08. The molecule has 0 unspecified atom stereocenters. The zero-order chi connectivity index (χ0) is 20.1. The average molecular weight is 387 g/mol. The lowest BCUT2D eigenvalue weighted by molar-refractivity contribution is -0.116. The van der Waals surface area contributed by atoms with Gasteiger partial charge in [0.25, 0.3) is 0 Å². The number of benzene rings is 2. The van der Waals surface area contributed by atoms with E-state index in [1.54, 1.807) is 25.4 Å². The summed E-state index contributed by atoms with van der Waals surface area (Å²) in [5.74, 6) is 1.18. The summed E-state index contributed by atoms with van der Waals surface area (Å²) in [7, 11) is 1.64. The van der Waals surface area contributed by atoms with Gasteiger partial charge in [-0.25, -0.2) is 4.98 Å². The molecule has 2 aromatic heterocycles. The van der Waals surface area contributed by atoms with Crippen LogP contribution >= 0.6 is 0 Å². The number of methoxy groups -OCH3 is 1. The molecule has 0 aliphatic carbocycles. The Morgan fingerprint density at radius 1 is 1.07 bits per heavy atom. The number of carbonyl (C=O) groups excluding carboxylic acids is 1. The zero-order valence-electron chi connectivity index (χ0n) is 16.0. The maximum Gasteiger partial charge on any atom is 0.244 e. The number of rotatable bonds is 7. The van der Waals surface area contributed by atoms with Gasteiger partial charge in [-0.2, -0.15) is 0 Å². The van der Waals surface area contributed by atoms with Gasteiger partial charge in [0, 0.05) is 23.2 Å². The number of nitrogens with zero attached hydrogens (tertiary/aromatic N) is 2. The number of hydrogen-bond donors (Lipinski definition) is 1. The van der Waals surface area contributed by atoms with Crippen LogP contribution in [0, 0.1) is 0 Å². The third-order valence-electron chi connectivity index (χ3n) is 4.54. The van der Waals surface area contributed by atoms with E-state index in [0.29, 0.717) is 18.2 Å². The lowest BCUT2D eigenvalue weighted by Gasteiger charge is -2.09. The normalized spacial score (nSPS) is 10.7. The van der Waals surface area contributed by atoms with Crippen molar-refractivity contribution >= 4 is 22.5 Å². The van der Waals surface area contributed by atoms with E-state index < -0.39 is 0 Å². The third kappa shape index (κ3) is 4.55. The molecule has 0 fully saturated rings. The van der Waals surface area contributed by atoms with E-state index in [4.69, 9.17) is 9.47 Å². The summed E-state index contributed by atoms with van der Waals surface area (Å²) in [4.78, 5) is 16.7. The van der Waals surface area contributed by atoms with Crippen LogP contribution in [-0.2, 0) is 17.9 Å². The fourth-order valence-electron chi connectivity index (χ4n) is 3.07. The molecule has 29 heavy (non-hydrogen) atoms. The fourth-order valence-corrected chi connectivity index (χ4v) is 3.07. The number of carbonyl (C=O) groups is 1. The van der Waals surface area contributed by atoms with Crippen molar-refractivity contribution in [2.75, 3.05) is 12.4 Å². The van der Waals surface area contributed by atoms with Crippen molar-refractivity contribution in [2.24, 2.45) is 0 Å². The van der Waals surface area contributed by atoms with Gasteiger partial charge < -0.3 is 19.4 Å². The van der Waals surface area contributed by atoms with Gasteiger partial charge in [-0.3, -0.25) is 4.79 Å². The van der Waals surface area contributed by atoms with Gasteiger partial charge >= 0.3 is 0 Å². The first kappa shape index (κ1) is 18.6. The van der Waals surface area contributed by atoms with Crippen molar-refractivity contribution < 1.29 is 14.3 Å². The number of pyridine rings is 1. The summed E-state index contributed by atoms with van der Waals surface area (Å²) in [6, 6.07) is 21.2. The molecule has 0 aliphatic rings. The number of amides is 1. The largest absolute Gasteiger partial charge is 0.497 e. The topological polar surface area (TPSA) is 65.4 Å². The number of ether oxygens (including phenoxy) is 2. The Morgan fingerprint density at radius 3 is 2.69 bits per heavy atom. The predicted octanol–water partition coefficient (Wildman–Crippen LogP) is 4.26. The van der Waals surface area contributed by atoms with Crippen LogP contribution in [0.15, 0.2) is 79.1 Å². The summed E-state index contributed by atoms with van der Waals surface area (Å²) in [5, 5.41) is 3.89. The van der Waals surface area contributed by atoms with Gasteiger partial charge in [-0.1, -0.05) is 30.3 Å². The van der Waals surface area contributed by atoms with Crippen LogP contribution in [0.2, 0.25) is 0 Å². The number of fused-ring (bicyclic) bond motifs is 1. The molecule has 0 saturated heterocycles. The molecule has 6 heteroatoms. The molecule has 1 N–H and O–H groups in total. The molecule has 4 aromatic rings. The maximum atomic E-state index is 12.4. The zero-order valence-corrected chi connectivity index (χ0v) is 16.0. The molecular formula is C23H21N3O3. The minimum Gasteiger partial charge on any atom is -0.497 e. The first-order valence-electron chi connectivity index (χ1n) is 9.27. The number of anilines is 1. The van der Waals surface area contributed by atoms with Crippen molar-refractivity contribution in [1.29, 1.82) is 0 Å². The summed E-state index contributed by atoms with van der Waals surface area (Å²) >= 11 is 0. The Hall–Kier alpha value is -3.80. The molecule has 0 bridgehead atoms. The minimum atomic E-state index is -0.127. The van der Waals surface area contributed by atoms with Crippen molar-refractivity contribution in [1.82, 2.24) is 9.55 Å². The Bertz CT molecular complexity index is 1110. The van der Waals surface area contributed by atoms with E-state index in [9.17, 15) is 4.79 Å². The molecule has 0 saturated carbocycles. The van der Waals surface area contributed by atoms with E-state index in [0.717, 1.165) is 22.2 Å². The molecular weight excluding hydrogens is 366 g/mol. The van der Waals surface area contributed by atoms with Crippen LogP contribution < -0.4 is 14.8 Å². The molecule has 4 rings (SSSR count). The number of nitrogens with one attached hydrogen (secondary N) is 1. The molecule has 0 radical (unpaired) electrons. The Balaban J connectivity index is 1.35. The highest BCUT2D eigenvalue weighted by atomic mass is 16.5. The second kappa shape index (κ2) is 8.48. The summed E-state index contributed by atoms with van der Waals surface area (Å²) < 4.78 is 12.8. The van der Waals surface area contributed by atoms with Gasteiger partial charge in [-0.15, -0.1) is 0 Å². The van der Waals surface area contributed by atoms with Gasteiger partial charge in [0.1, 0.15) is 18.9 Å². The molecule has 2 heterocycles. The first-order valence-corrected chi connectivity index (χ1v) is 9.27. The van der Waals surface area contributed by atoms with E-state index in [1.807, 2.05) is 65.4 Å². The van der Waals surface area contributed by atoms with Gasteiger partial charge in [0.2, 0.25) is 11.8 Å². The van der Waals surface area contributed by atoms with Crippen molar-refractivity contribution in [3.8, 4) is 11.6 Å². The standard InChI is InChI=1S/C23H21N3O3/c1-28-20-8-9-21-18(13-20)11-12-26(21)15-22(27)25-19-7-10-23(24-14-19)29-16-17-5-3-2-4-6-17/h2-14H,15-16H2,1H3,(H,25,27). The molecule has 0 aliphatic heterocycles. The molecule has 146 valence electrons. The van der Waals surface area contributed by atoms with E-state index >= 15 is 0 Å². The SMILES string of the molecule is COc1ccc2c(ccn2CC(=O)Nc2ccc(OCc3ccccc3)nc2)c1. The first-order chi connectivity index (χ1) is 14.2. The summed E-state index contributed by atoms with van der Waals surface area (Å²) in [5.41, 5.74) is 2.67. The summed E-state index contributed by atoms with van der Waals surface area (Å²) in [6.07, 6.45) is 3.49. The minimum absolute atomic E-state index is 0.127. The van der Waals surface area contributed by atoms with Crippen molar-refractivity contribution in [2.45, 2.75) is 13.2 Å². The molecule has 2 aromatic carbocycles. The molecule has 6 nitrogen and oxygen atoms in total. The van der Waals surface area contributed by atoms with Crippen LogP contribution in [-0.4, -0.2) is 22.6 Å². The number of hydrogen-bond acceptors (Lipinski definition) is 4. The molecule has 1 amide bonds. The van der Waals surface area contributed by atoms with Crippen molar-refractivity contribution in [3.05, 3.63) is 84.7 Å². The summed E-state index contributed by atoms with van der Waals surface area (Å²) in [6.45, 7) is 0.660. The Labute approximate surface area is 168 Å². The smallest absolute Gasteiger partial charge is 0.244 e. The van der Waals surface area contributed by atoms with E-state index in [1.165, 1.54) is 0 Å². The van der Waals surface area contributed by atoms with E-state index in [2.05, 4.69) is 10.3 Å². The van der Waals surface area contributed by atoms with Crippen LogP contribution in [0.4, 0.5) is 5.69 Å². The van der Waals surface area contributed by atoms with Crippen molar-refractivity contribution in [3.63, 3.8) is 0 Å². The van der Waals surface area contributed by atoms with Crippen LogP contribution in [0.25, 0.3) is 10.9 Å².